The van der Waals surface area contributed by atoms with Gasteiger partial charge in [-0.15, -0.1) is 11.6 Å². The monoisotopic (exact) mass is 243 g/mol. The number of halogens is 1. The van der Waals surface area contributed by atoms with Crippen molar-refractivity contribution >= 4 is 11.6 Å². The highest BCUT2D eigenvalue weighted by molar-refractivity contribution is 6.17. The molecule has 2 nitrogen and oxygen atoms in total. The average molecular weight is 244 g/mol. The Bertz CT molecular complexity index is 249. The second-order valence-electron chi connectivity index (χ2n) is 3.39. The van der Waals surface area contributed by atoms with Gasteiger partial charge >= 0.3 is 0 Å². The van der Waals surface area contributed by atoms with Gasteiger partial charge in [-0.2, -0.15) is 0 Å². The Balaban J connectivity index is 0.000000673. The molecule has 0 aliphatic rings. The molecule has 0 aromatic heterocycles. The zero-order chi connectivity index (χ0) is 12.2. The maximum absolute atomic E-state index is 5.67. The Morgan fingerprint density at radius 1 is 1.19 bits per heavy atom. The average Bonchev–Trinajstić information content (AvgIpc) is 2.31. The highest BCUT2D eigenvalue weighted by Gasteiger charge is 1.93. The van der Waals surface area contributed by atoms with E-state index in [0.29, 0.717) is 5.88 Å². The lowest BCUT2D eigenvalue weighted by Crippen LogP contribution is -1.96. The molecule has 0 amide bonds. The minimum Gasteiger partial charge on any atom is -0.494 e. The molecular weight excluding hydrogens is 222 g/mol. The van der Waals surface area contributed by atoms with E-state index in [4.69, 9.17) is 22.1 Å². The molecule has 0 unspecified atom stereocenters. The molecule has 0 saturated heterocycles. The Hall–Kier alpha value is -0.730. The van der Waals surface area contributed by atoms with Gasteiger partial charge in [-0.05, 0) is 30.7 Å². The molecule has 0 aliphatic carbocycles. The first kappa shape index (κ1) is 15.3. The maximum Gasteiger partial charge on any atom is 0.119 e. The van der Waals surface area contributed by atoms with E-state index in [1.807, 2.05) is 31.2 Å². The van der Waals surface area contributed by atoms with Gasteiger partial charge in [0.15, 0.2) is 0 Å². The van der Waals surface area contributed by atoms with Crippen molar-refractivity contribution in [1.29, 1.82) is 0 Å². The standard InChI is InChI=1S/C11H15ClO.C2H7N/c1-2-3-8-13-11-6-4-10(9-12)5-7-11;1-2-3/h4-7H,2-3,8-9H2,1H3;2-3H2,1H3. The minimum absolute atomic E-state index is 0.565. The molecule has 1 rings (SSSR count). The lowest BCUT2D eigenvalue weighted by Gasteiger charge is -2.04. The van der Waals surface area contributed by atoms with Crippen molar-refractivity contribution in [3.8, 4) is 5.75 Å². The van der Waals surface area contributed by atoms with Crippen LogP contribution in [0.3, 0.4) is 0 Å². The van der Waals surface area contributed by atoms with Crippen molar-refractivity contribution in [3.63, 3.8) is 0 Å². The Morgan fingerprint density at radius 2 is 1.75 bits per heavy atom. The van der Waals surface area contributed by atoms with E-state index in [1.165, 1.54) is 6.42 Å². The molecule has 0 aliphatic heterocycles. The van der Waals surface area contributed by atoms with Gasteiger partial charge < -0.3 is 10.5 Å². The molecule has 0 radical (unpaired) electrons. The van der Waals surface area contributed by atoms with E-state index in [1.54, 1.807) is 0 Å². The van der Waals surface area contributed by atoms with Gasteiger partial charge in [0.25, 0.3) is 0 Å². The first-order valence-electron chi connectivity index (χ1n) is 5.76. The number of nitrogens with two attached hydrogens (primary N) is 1. The predicted octanol–water partition coefficient (Wildman–Crippen LogP) is 3.57. The fourth-order valence-corrected chi connectivity index (χ4v) is 1.19. The number of hydrogen-bond donors (Lipinski definition) is 1. The molecule has 16 heavy (non-hydrogen) atoms. The van der Waals surface area contributed by atoms with Crippen molar-refractivity contribution in [3.05, 3.63) is 29.8 Å². The predicted molar refractivity (Wildman–Crippen MR) is 71.1 cm³/mol. The number of ether oxygens (including phenoxy) is 1. The molecule has 2 N–H and O–H groups in total. The van der Waals surface area contributed by atoms with Gasteiger partial charge in [0.05, 0.1) is 6.61 Å². The van der Waals surface area contributed by atoms with Crippen molar-refractivity contribution in [1.82, 2.24) is 0 Å². The largest absolute Gasteiger partial charge is 0.494 e. The van der Waals surface area contributed by atoms with E-state index >= 15 is 0 Å². The lowest BCUT2D eigenvalue weighted by atomic mass is 10.2. The van der Waals surface area contributed by atoms with Crippen LogP contribution in [0.1, 0.15) is 32.3 Å². The van der Waals surface area contributed by atoms with Crippen molar-refractivity contribution in [2.45, 2.75) is 32.6 Å². The molecule has 0 fully saturated rings. The van der Waals surface area contributed by atoms with Gasteiger partial charge in [-0.25, -0.2) is 0 Å². The summed E-state index contributed by atoms with van der Waals surface area (Å²) >= 11 is 5.67. The molecule has 0 bridgehead atoms. The van der Waals surface area contributed by atoms with Gasteiger partial charge in [-0.1, -0.05) is 32.4 Å². The molecular formula is C13H22ClNO. The highest BCUT2D eigenvalue weighted by Crippen LogP contribution is 2.13. The third-order valence-electron chi connectivity index (χ3n) is 1.84. The molecule has 1 aromatic carbocycles. The zero-order valence-electron chi connectivity index (χ0n) is 10.2. The van der Waals surface area contributed by atoms with Crippen molar-refractivity contribution < 1.29 is 4.74 Å². The van der Waals surface area contributed by atoms with Crippen LogP contribution in [0.25, 0.3) is 0 Å². The number of alkyl halides is 1. The second-order valence-corrected chi connectivity index (χ2v) is 3.66. The van der Waals surface area contributed by atoms with Crippen LogP contribution in [0.2, 0.25) is 0 Å². The van der Waals surface area contributed by atoms with Gasteiger partial charge in [-0.3, -0.25) is 0 Å². The highest BCUT2D eigenvalue weighted by atomic mass is 35.5. The van der Waals surface area contributed by atoms with Crippen LogP contribution in [-0.2, 0) is 5.88 Å². The molecule has 3 heteroatoms. The van der Waals surface area contributed by atoms with Crippen LogP contribution in [0.5, 0.6) is 5.75 Å². The summed E-state index contributed by atoms with van der Waals surface area (Å²) < 4.78 is 5.50. The molecule has 0 saturated carbocycles. The van der Waals surface area contributed by atoms with Crippen LogP contribution in [0.15, 0.2) is 24.3 Å². The summed E-state index contributed by atoms with van der Waals surface area (Å²) in [7, 11) is 0. The fourth-order valence-electron chi connectivity index (χ4n) is 1.01. The summed E-state index contributed by atoms with van der Waals surface area (Å²) in [6.07, 6.45) is 2.27. The summed E-state index contributed by atoms with van der Waals surface area (Å²) in [5, 5.41) is 0. The molecule has 0 atom stereocenters. The van der Waals surface area contributed by atoms with Crippen molar-refractivity contribution in [2.75, 3.05) is 13.2 Å². The fraction of sp³-hybridized carbons (Fsp3) is 0.538. The number of unbranched alkanes of at least 4 members (excludes halogenated alkanes) is 1. The first-order chi connectivity index (χ1) is 7.78. The van der Waals surface area contributed by atoms with E-state index in [2.05, 4.69) is 6.92 Å². The normalized spacial score (nSPS) is 9.25. The molecule has 92 valence electrons. The van der Waals surface area contributed by atoms with Crippen LogP contribution < -0.4 is 10.5 Å². The lowest BCUT2D eigenvalue weighted by molar-refractivity contribution is 0.309. The van der Waals surface area contributed by atoms with E-state index in [0.717, 1.165) is 30.9 Å². The second kappa shape index (κ2) is 10.8. The number of benzene rings is 1. The van der Waals surface area contributed by atoms with Crippen LogP contribution >= 0.6 is 11.6 Å². The van der Waals surface area contributed by atoms with Gasteiger partial charge in [0.1, 0.15) is 5.75 Å². The van der Waals surface area contributed by atoms with Gasteiger partial charge in [0.2, 0.25) is 0 Å². The van der Waals surface area contributed by atoms with Crippen LogP contribution in [0.4, 0.5) is 0 Å². The Labute approximate surface area is 104 Å². The zero-order valence-corrected chi connectivity index (χ0v) is 11.0. The number of rotatable bonds is 5. The summed E-state index contributed by atoms with van der Waals surface area (Å²) in [4.78, 5) is 0. The molecule has 1 aromatic rings. The van der Waals surface area contributed by atoms with Gasteiger partial charge in [0, 0.05) is 5.88 Å². The SMILES string of the molecule is CCCCOc1ccc(CCl)cc1.CCN. The quantitative estimate of drug-likeness (QED) is 0.634. The smallest absolute Gasteiger partial charge is 0.119 e. The van der Waals surface area contributed by atoms with Crippen molar-refractivity contribution in [2.24, 2.45) is 5.73 Å². The van der Waals surface area contributed by atoms with E-state index in [-0.39, 0.29) is 0 Å². The van der Waals surface area contributed by atoms with E-state index in [9.17, 15) is 0 Å². The summed E-state index contributed by atoms with van der Waals surface area (Å²) in [6.45, 7) is 5.61. The molecule has 0 heterocycles. The summed E-state index contributed by atoms with van der Waals surface area (Å²) in [5.74, 6) is 1.50. The Kier molecular flexibility index (Phi) is 10.3. The van der Waals surface area contributed by atoms with Crippen LogP contribution in [0, 0.1) is 0 Å². The third-order valence-corrected chi connectivity index (χ3v) is 2.15. The molecule has 0 spiro atoms. The topological polar surface area (TPSA) is 35.2 Å². The van der Waals surface area contributed by atoms with Crippen LogP contribution in [-0.4, -0.2) is 13.2 Å². The third kappa shape index (κ3) is 7.55. The maximum atomic E-state index is 5.67. The Morgan fingerprint density at radius 3 is 2.19 bits per heavy atom. The summed E-state index contributed by atoms with van der Waals surface area (Å²) in [6, 6.07) is 7.92. The number of hydrogen-bond acceptors (Lipinski definition) is 2. The minimum atomic E-state index is 0.565. The van der Waals surface area contributed by atoms with E-state index < -0.39 is 0 Å². The first-order valence-corrected chi connectivity index (χ1v) is 6.29. The summed E-state index contributed by atoms with van der Waals surface area (Å²) in [5.41, 5.74) is 5.98.